The third-order valence-electron chi connectivity index (χ3n) is 4.26. The molecule has 17 heavy (non-hydrogen) atoms. The van der Waals surface area contributed by atoms with Crippen LogP contribution in [0.4, 0.5) is 0 Å². The first-order valence-electron chi connectivity index (χ1n) is 6.79. The third kappa shape index (κ3) is 3.97. The summed E-state index contributed by atoms with van der Waals surface area (Å²) in [5, 5.41) is 8.99. The highest BCUT2D eigenvalue weighted by Crippen LogP contribution is 2.29. The highest BCUT2D eigenvalue weighted by atomic mass is 15.2. The van der Waals surface area contributed by atoms with Crippen molar-refractivity contribution in [1.29, 1.82) is 5.26 Å². The van der Waals surface area contributed by atoms with Gasteiger partial charge in [-0.05, 0) is 46.1 Å². The van der Waals surface area contributed by atoms with Crippen molar-refractivity contribution >= 4 is 0 Å². The first-order chi connectivity index (χ1) is 7.87. The molecule has 3 heteroatoms. The van der Waals surface area contributed by atoms with Gasteiger partial charge in [-0.25, -0.2) is 0 Å². The summed E-state index contributed by atoms with van der Waals surface area (Å²) in [4.78, 5) is 2.44. The molecule has 0 radical (unpaired) electrons. The van der Waals surface area contributed by atoms with Gasteiger partial charge in [-0.15, -0.1) is 0 Å². The number of nitrogens with two attached hydrogens (primary N) is 1. The molecular formula is C14H27N3. The number of hydrogen-bond acceptors (Lipinski definition) is 3. The normalized spacial score (nSPS) is 30.6. The lowest BCUT2D eigenvalue weighted by Crippen LogP contribution is -2.48. The molecule has 0 aromatic rings. The van der Waals surface area contributed by atoms with Crippen molar-refractivity contribution in [1.82, 2.24) is 4.90 Å². The molecule has 1 aliphatic rings. The van der Waals surface area contributed by atoms with Crippen LogP contribution in [0.25, 0.3) is 0 Å². The van der Waals surface area contributed by atoms with Gasteiger partial charge in [0, 0.05) is 12.1 Å². The van der Waals surface area contributed by atoms with Crippen LogP contribution < -0.4 is 5.73 Å². The highest BCUT2D eigenvalue weighted by molar-refractivity contribution is 5.03. The molecule has 0 saturated heterocycles. The quantitative estimate of drug-likeness (QED) is 0.817. The van der Waals surface area contributed by atoms with E-state index in [1.54, 1.807) is 0 Å². The molecule has 0 amide bonds. The lowest BCUT2D eigenvalue weighted by molar-refractivity contribution is 0.0934. The van der Waals surface area contributed by atoms with Gasteiger partial charge >= 0.3 is 0 Å². The molecular weight excluding hydrogens is 210 g/mol. The van der Waals surface area contributed by atoms with Gasteiger partial charge < -0.3 is 10.6 Å². The summed E-state index contributed by atoms with van der Waals surface area (Å²) < 4.78 is 0. The highest BCUT2D eigenvalue weighted by Gasteiger charge is 2.30. The van der Waals surface area contributed by atoms with Crippen LogP contribution in [0.5, 0.6) is 0 Å². The molecule has 0 aromatic heterocycles. The van der Waals surface area contributed by atoms with E-state index < -0.39 is 5.54 Å². The Hall–Kier alpha value is -0.590. The van der Waals surface area contributed by atoms with Gasteiger partial charge in [0.25, 0.3) is 0 Å². The van der Waals surface area contributed by atoms with Gasteiger partial charge in [0.2, 0.25) is 0 Å². The molecule has 3 nitrogen and oxygen atoms in total. The topological polar surface area (TPSA) is 53.0 Å². The second-order valence-electron chi connectivity index (χ2n) is 6.08. The van der Waals surface area contributed by atoms with Crippen LogP contribution >= 0.6 is 0 Å². The number of hydrogen-bond donors (Lipinski definition) is 1. The standard InChI is InChI=1S/C14H27N3/c1-11-7-5-6-8-13(11)17(4)12(2)9-14(3,16)10-15/h11-13H,5-9,16H2,1-4H3. The van der Waals surface area contributed by atoms with Crippen LogP contribution in [0.15, 0.2) is 0 Å². The first-order valence-corrected chi connectivity index (χ1v) is 6.79. The molecule has 0 heterocycles. The summed E-state index contributed by atoms with van der Waals surface area (Å²) in [5.74, 6) is 0.766. The summed E-state index contributed by atoms with van der Waals surface area (Å²) in [7, 11) is 2.19. The maximum Gasteiger partial charge on any atom is 0.102 e. The molecule has 98 valence electrons. The Morgan fingerprint density at radius 1 is 1.47 bits per heavy atom. The Kier molecular flexibility index (Phi) is 4.97. The van der Waals surface area contributed by atoms with E-state index in [0.29, 0.717) is 12.1 Å². The Morgan fingerprint density at radius 3 is 2.59 bits per heavy atom. The van der Waals surface area contributed by atoms with Crippen molar-refractivity contribution in [2.45, 2.75) is 70.5 Å². The predicted molar refractivity (Wildman–Crippen MR) is 71.5 cm³/mol. The maximum atomic E-state index is 8.99. The lowest BCUT2D eigenvalue weighted by Gasteiger charge is -2.40. The maximum absolute atomic E-state index is 8.99. The van der Waals surface area contributed by atoms with E-state index in [-0.39, 0.29) is 0 Å². The van der Waals surface area contributed by atoms with Crippen LogP contribution in [0.3, 0.4) is 0 Å². The van der Waals surface area contributed by atoms with E-state index in [9.17, 15) is 0 Å². The molecule has 0 bridgehead atoms. The largest absolute Gasteiger partial charge is 0.314 e. The molecule has 1 aliphatic carbocycles. The second-order valence-corrected chi connectivity index (χ2v) is 6.08. The second kappa shape index (κ2) is 5.84. The molecule has 4 unspecified atom stereocenters. The minimum Gasteiger partial charge on any atom is -0.314 e. The van der Waals surface area contributed by atoms with Gasteiger partial charge in [0.05, 0.1) is 6.07 Å². The zero-order chi connectivity index (χ0) is 13.1. The first kappa shape index (κ1) is 14.5. The summed E-state index contributed by atoms with van der Waals surface area (Å²) in [6.45, 7) is 6.35. The van der Waals surface area contributed by atoms with Crippen LogP contribution in [0.2, 0.25) is 0 Å². The van der Waals surface area contributed by atoms with Crippen molar-refractivity contribution in [3.63, 3.8) is 0 Å². The molecule has 0 aromatic carbocycles. The number of nitrogens with zero attached hydrogens (tertiary/aromatic N) is 2. The Bertz CT molecular complexity index is 280. The van der Waals surface area contributed by atoms with Gasteiger partial charge in [-0.2, -0.15) is 5.26 Å². The van der Waals surface area contributed by atoms with Crippen molar-refractivity contribution in [3.05, 3.63) is 0 Å². The average molecular weight is 237 g/mol. The fourth-order valence-corrected chi connectivity index (χ4v) is 3.03. The van der Waals surface area contributed by atoms with Crippen LogP contribution in [-0.2, 0) is 0 Å². The average Bonchev–Trinajstić information content (AvgIpc) is 2.28. The van der Waals surface area contributed by atoms with E-state index >= 15 is 0 Å². The van der Waals surface area contributed by atoms with Gasteiger partial charge in [0.15, 0.2) is 0 Å². The SMILES string of the molecule is CC1CCCCC1N(C)C(C)CC(C)(N)C#N. The van der Waals surface area contributed by atoms with Crippen LogP contribution in [-0.4, -0.2) is 29.6 Å². The molecule has 1 rings (SSSR count). The smallest absolute Gasteiger partial charge is 0.102 e. The van der Waals surface area contributed by atoms with E-state index in [4.69, 9.17) is 11.0 Å². The monoisotopic (exact) mass is 237 g/mol. The van der Waals surface area contributed by atoms with Crippen molar-refractivity contribution < 1.29 is 0 Å². The van der Waals surface area contributed by atoms with Gasteiger partial charge in [-0.3, -0.25) is 0 Å². The number of rotatable bonds is 4. The molecule has 2 N–H and O–H groups in total. The minimum atomic E-state index is -0.703. The van der Waals surface area contributed by atoms with Crippen LogP contribution in [0, 0.1) is 17.2 Å². The molecule has 0 aliphatic heterocycles. The van der Waals surface area contributed by atoms with E-state index in [0.717, 1.165) is 12.3 Å². The summed E-state index contributed by atoms with van der Waals surface area (Å²) in [5.41, 5.74) is 5.23. The molecule has 4 atom stereocenters. The van der Waals surface area contributed by atoms with E-state index in [2.05, 4.69) is 31.9 Å². The molecule has 1 saturated carbocycles. The lowest BCUT2D eigenvalue weighted by atomic mass is 9.83. The number of nitriles is 1. The Labute approximate surface area is 106 Å². The van der Waals surface area contributed by atoms with Crippen LogP contribution in [0.1, 0.15) is 52.9 Å². The summed E-state index contributed by atoms with van der Waals surface area (Å²) in [6, 6.07) is 3.22. The van der Waals surface area contributed by atoms with E-state index in [1.165, 1.54) is 25.7 Å². The zero-order valence-electron chi connectivity index (χ0n) is 11.7. The fourth-order valence-electron chi connectivity index (χ4n) is 3.03. The van der Waals surface area contributed by atoms with E-state index in [1.807, 2.05) is 6.92 Å². The Morgan fingerprint density at radius 2 is 2.06 bits per heavy atom. The van der Waals surface area contributed by atoms with Gasteiger partial charge in [-0.1, -0.05) is 19.8 Å². The summed E-state index contributed by atoms with van der Waals surface area (Å²) >= 11 is 0. The molecule has 1 fully saturated rings. The minimum absolute atomic E-state index is 0.371. The van der Waals surface area contributed by atoms with Gasteiger partial charge in [0.1, 0.15) is 5.54 Å². The Balaban J connectivity index is 2.56. The molecule has 0 spiro atoms. The fraction of sp³-hybridized carbons (Fsp3) is 0.929. The van der Waals surface area contributed by atoms with Crippen molar-refractivity contribution in [2.24, 2.45) is 11.7 Å². The zero-order valence-corrected chi connectivity index (χ0v) is 11.7. The third-order valence-corrected chi connectivity index (χ3v) is 4.26. The summed E-state index contributed by atoms with van der Waals surface area (Å²) in [6.07, 6.45) is 6.07. The van der Waals surface area contributed by atoms with Crippen molar-refractivity contribution in [2.75, 3.05) is 7.05 Å². The predicted octanol–water partition coefficient (Wildman–Crippen LogP) is 2.52. The van der Waals surface area contributed by atoms with Crippen molar-refractivity contribution in [3.8, 4) is 6.07 Å².